The quantitative estimate of drug-likeness (QED) is 0.724. The van der Waals surface area contributed by atoms with Crippen molar-refractivity contribution in [2.75, 3.05) is 32.1 Å². The first kappa shape index (κ1) is 16.2. The number of tetrazole rings is 1. The number of nitrogens with zero attached hydrogens (tertiary/aromatic N) is 5. The Hall–Kier alpha value is -0.700. The number of thioether (sulfide) groups is 1. The van der Waals surface area contributed by atoms with E-state index in [1.54, 1.807) is 11.8 Å². The van der Waals surface area contributed by atoms with Crippen LogP contribution >= 0.6 is 11.8 Å². The van der Waals surface area contributed by atoms with Gasteiger partial charge in [-0.1, -0.05) is 11.8 Å². The van der Waals surface area contributed by atoms with E-state index in [0.29, 0.717) is 6.04 Å². The predicted molar refractivity (Wildman–Crippen MR) is 84.0 cm³/mol. The summed E-state index contributed by atoms with van der Waals surface area (Å²) in [4.78, 5) is 2.46. The number of aromatic nitrogens is 4. The molecule has 0 unspecified atom stereocenters. The fraction of sp³-hybridized carbons (Fsp3) is 0.929. The zero-order valence-electron chi connectivity index (χ0n) is 13.3. The van der Waals surface area contributed by atoms with Crippen LogP contribution in [0.15, 0.2) is 5.16 Å². The second kappa shape index (κ2) is 7.72. The van der Waals surface area contributed by atoms with Crippen molar-refractivity contribution in [3.05, 3.63) is 0 Å². The van der Waals surface area contributed by atoms with Crippen LogP contribution in [-0.2, 0) is 16.0 Å². The van der Waals surface area contributed by atoms with Gasteiger partial charge in [0.05, 0.1) is 25.4 Å². The van der Waals surface area contributed by atoms with Gasteiger partial charge in [0.1, 0.15) is 0 Å². The Kier molecular flexibility index (Phi) is 5.67. The maximum absolute atomic E-state index is 5.86. The minimum Gasteiger partial charge on any atom is -0.376 e. The average molecular weight is 327 g/mol. The lowest BCUT2D eigenvalue weighted by Gasteiger charge is -2.35. The van der Waals surface area contributed by atoms with E-state index in [2.05, 4.69) is 34.3 Å². The molecule has 2 fully saturated rings. The van der Waals surface area contributed by atoms with E-state index >= 15 is 0 Å². The van der Waals surface area contributed by atoms with E-state index in [1.165, 1.54) is 0 Å². The molecule has 2 atom stereocenters. The third-order valence-corrected chi connectivity index (χ3v) is 5.29. The van der Waals surface area contributed by atoms with E-state index in [0.717, 1.165) is 56.6 Å². The average Bonchev–Trinajstić information content (AvgIpc) is 3.18. The fourth-order valence-corrected chi connectivity index (χ4v) is 3.77. The molecule has 0 saturated carbocycles. The molecule has 3 heterocycles. The van der Waals surface area contributed by atoms with Gasteiger partial charge >= 0.3 is 0 Å². The highest BCUT2D eigenvalue weighted by Crippen LogP contribution is 2.21. The summed E-state index contributed by atoms with van der Waals surface area (Å²) in [6.45, 7) is 8.89. The highest BCUT2D eigenvalue weighted by atomic mass is 32.2. The molecule has 0 N–H and O–H groups in total. The Morgan fingerprint density at radius 2 is 2.14 bits per heavy atom. The molecule has 7 nitrogen and oxygen atoms in total. The molecule has 0 spiro atoms. The Morgan fingerprint density at radius 3 is 2.91 bits per heavy atom. The lowest BCUT2D eigenvalue weighted by Crippen LogP contribution is -2.46. The van der Waals surface area contributed by atoms with E-state index in [4.69, 9.17) is 9.47 Å². The molecule has 1 aromatic rings. The first-order chi connectivity index (χ1) is 10.7. The summed E-state index contributed by atoms with van der Waals surface area (Å²) in [5.74, 6) is 0.884. The number of morpholine rings is 1. The Balaban J connectivity index is 1.50. The van der Waals surface area contributed by atoms with E-state index in [-0.39, 0.29) is 12.2 Å². The lowest BCUT2D eigenvalue weighted by atomic mass is 10.2. The van der Waals surface area contributed by atoms with Crippen molar-refractivity contribution in [3.8, 4) is 0 Å². The van der Waals surface area contributed by atoms with Gasteiger partial charge in [0, 0.05) is 31.5 Å². The van der Waals surface area contributed by atoms with Gasteiger partial charge in [0.15, 0.2) is 0 Å². The van der Waals surface area contributed by atoms with Crippen LogP contribution in [0.1, 0.15) is 26.7 Å². The third kappa shape index (κ3) is 4.18. The van der Waals surface area contributed by atoms with Crippen molar-refractivity contribution >= 4 is 11.8 Å². The van der Waals surface area contributed by atoms with Crippen LogP contribution in [0.4, 0.5) is 0 Å². The first-order valence-electron chi connectivity index (χ1n) is 8.08. The Morgan fingerprint density at radius 1 is 1.27 bits per heavy atom. The summed E-state index contributed by atoms with van der Waals surface area (Å²) in [7, 11) is 0. The molecule has 1 aromatic heterocycles. The summed E-state index contributed by atoms with van der Waals surface area (Å²) in [5.41, 5.74) is 0. The zero-order chi connectivity index (χ0) is 15.4. The molecule has 2 aliphatic heterocycles. The van der Waals surface area contributed by atoms with Crippen molar-refractivity contribution < 1.29 is 9.47 Å². The largest absolute Gasteiger partial charge is 0.376 e. The molecule has 124 valence electrons. The zero-order valence-corrected chi connectivity index (χ0v) is 14.2. The smallest absolute Gasteiger partial charge is 0.209 e. The van der Waals surface area contributed by atoms with Gasteiger partial charge in [-0.3, -0.25) is 4.90 Å². The standard InChI is InChI=1S/C14H25N5O2S/c1-11(2)18-5-7-21-13(8-18)10-22-14-15-16-17-19(14)9-12-4-3-6-20-12/h11-13H,3-10H2,1-2H3/t12-,13+/m1/s1. The summed E-state index contributed by atoms with van der Waals surface area (Å²) >= 11 is 1.68. The monoisotopic (exact) mass is 327 g/mol. The second-order valence-corrected chi connectivity index (χ2v) is 7.16. The van der Waals surface area contributed by atoms with Gasteiger partial charge in [0.2, 0.25) is 5.16 Å². The summed E-state index contributed by atoms with van der Waals surface area (Å²) in [6, 6.07) is 0.571. The molecule has 2 saturated heterocycles. The molecule has 0 aliphatic carbocycles. The van der Waals surface area contributed by atoms with Gasteiger partial charge in [-0.25, -0.2) is 4.68 Å². The van der Waals surface area contributed by atoms with Crippen LogP contribution < -0.4 is 0 Å². The summed E-state index contributed by atoms with van der Waals surface area (Å²) in [6.07, 6.45) is 2.73. The minimum atomic E-state index is 0.244. The molecule has 0 radical (unpaired) electrons. The Labute approximate surface area is 135 Å². The molecule has 2 aliphatic rings. The molecular formula is C14H25N5O2S. The first-order valence-corrected chi connectivity index (χ1v) is 9.07. The van der Waals surface area contributed by atoms with Crippen LogP contribution in [-0.4, -0.2) is 75.4 Å². The molecule has 3 rings (SSSR count). The highest BCUT2D eigenvalue weighted by Gasteiger charge is 2.24. The van der Waals surface area contributed by atoms with Gasteiger partial charge in [-0.2, -0.15) is 0 Å². The van der Waals surface area contributed by atoms with Crippen LogP contribution in [0.25, 0.3) is 0 Å². The lowest BCUT2D eigenvalue weighted by molar-refractivity contribution is -0.0265. The molecular weight excluding hydrogens is 302 g/mol. The van der Waals surface area contributed by atoms with E-state index < -0.39 is 0 Å². The van der Waals surface area contributed by atoms with Crippen molar-refractivity contribution in [2.24, 2.45) is 0 Å². The van der Waals surface area contributed by atoms with Gasteiger partial charge < -0.3 is 9.47 Å². The molecule has 0 amide bonds. The summed E-state index contributed by atoms with van der Waals surface area (Å²) in [5, 5.41) is 12.9. The van der Waals surface area contributed by atoms with Crippen LogP contribution in [0.5, 0.6) is 0 Å². The molecule has 0 aromatic carbocycles. The van der Waals surface area contributed by atoms with Crippen LogP contribution in [0.2, 0.25) is 0 Å². The van der Waals surface area contributed by atoms with E-state index in [9.17, 15) is 0 Å². The second-order valence-electron chi connectivity index (χ2n) is 6.17. The summed E-state index contributed by atoms with van der Waals surface area (Å²) < 4.78 is 13.4. The van der Waals surface area contributed by atoms with E-state index in [1.807, 2.05) is 4.68 Å². The van der Waals surface area contributed by atoms with Crippen molar-refractivity contribution in [2.45, 2.75) is 56.6 Å². The maximum Gasteiger partial charge on any atom is 0.209 e. The fourth-order valence-electron chi connectivity index (χ4n) is 2.88. The van der Waals surface area contributed by atoms with Gasteiger partial charge in [0.25, 0.3) is 0 Å². The third-order valence-electron chi connectivity index (χ3n) is 4.20. The normalized spacial score (nSPS) is 26.9. The highest BCUT2D eigenvalue weighted by molar-refractivity contribution is 7.99. The number of hydrogen-bond acceptors (Lipinski definition) is 7. The van der Waals surface area contributed by atoms with Gasteiger partial charge in [-0.15, -0.1) is 5.10 Å². The molecule has 8 heteroatoms. The van der Waals surface area contributed by atoms with Crippen molar-refractivity contribution in [1.82, 2.24) is 25.1 Å². The van der Waals surface area contributed by atoms with Crippen molar-refractivity contribution in [3.63, 3.8) is 0 Å². The van der Waals surface area contributed by atoms with Crippen LogP contribution in [0, 0.1) is 0 Å². The molecule has 0 bridgehead atoms. The Bertz CT molecular complexity index is 464. The van der Waals surface area contributed by atoms with Crippen LogP contribution in [0.3, 0.4) is 0 Å². The molecule has 22 heavy (non-hydrogen) atoms. The number of hydrogen-bond donors (Lipinski definition) is 0. The number of ether oxygens (including phenoxy) is 2. The minimum absolute atomic E-state index is 0.244. The topological polar surface area (TPSA) is 65.3 Å². The maximum atomic E-state index is 5.86. The predicted octanol–water partition coefficient (Wildman–Crippen LogP) is 1.05. The van der Waals surface area contributed by atoms with Crippen molar-refractivity contribution in [1.29, 1.82) is 0 Å². The SMILES string of the molecule is CC(C)N1CCO[C@H](CSc2nnnn2C[C@H]2CCCO2)C1. The number of rotatable bonds is 6. The van der Waals surface area contributed by atoms with Gasteiger partial charge in [-0.05, 0) is 37.1 Å².